The van der Waals surface area contributed by atoms with Crippen LogP contribution in [0.1, 0.15) is 25.8 Å². The molecule has 0 saturated heterocycles. The Labute approximate surface area is 124 Å². The predicted molar refractivity (Wildman–Crippen MR) is 80.7 cm³/mol. The van der Waals surface area contributed by atoms with Crippen LogP contribution in [0, 0.1) is 5.41 Å². The van der Waals surface area contributed by atoms with Gasteiger partial charge in [0.2, 0.25) is 0 Å². The molecule has 1 heterocycles. The van der Waals surface area contributed by atoms with Gasteiger partial charge in [-0.15, -0.1) is 0 Å². The van der Waals surface area contributed by atoms with E-state index in [2.05, 4.69) is 17.1 Å². The van der Waals surface area contributed by atoms with Gasteiger partial charge in [-0.2, -0.15) is 9.72 Å². The molecule has 0 unspecified atom stereocenters. The zero-order chi connectivity index (χ0) is 15.3. The number of rotatable bonds is 4. The summed E-state index contributed by atoms with van der Waals surface area (Å²) in [6.45, 7) is 3.76. The van der Waals surface area contributed by atoms with Crippen LogP contribution >= 0.6 is 0 Å². The van der Waals surface area contributed by atoms with E-state index in [1.165, 1.54) is 11.8 Å². The number of aromatic nitrogens is 1. The molecule has 0 spiro atoms. The molecule has 21 heavy (non-hydrogen) atoms. The normalized spacial score (nSPS) is 12.4. The highest BCUT2D eigenvalue weighted by atomic mass is 16.5. The molecule has 2 rings (SSSR count). The molecule has 0 aliphatic rings. The molecule has 0 atom stereocenters. The van der Waals surface area contributed by atoms with Crippen molar-refractivity contribution in [2.45, 2.75) is 26.7 Å². The first-order valence-corrected chi connectivity index (χ1v) is 6.99. The highest BCUT2D eigenvalue weighted by molar-refractivity contribution is 5.82. The van der Waals surface area contributed by atoms with Crippen molar-refractivity contribution in [3.63, 3.8) is 0 Å². The van der Waals surface area contributed by atoms with E-state index in [0.29, 0.717) is 6.42 Å². The second-order valence-electron chi connectivity index (χ2n) is 5.69. The third-order valence-corrected chi connectivity index (χ3v) is 3.49. The molecule has 4 nitrogen and oxygen atoms in total. The van der Waals surface area contributed by atoms with E-state index in [-0.39, 0.29) is 11.4 Å². The Kier molecular flexibility index (Phi) is 4.58. The van der Waals surface area contributed by atoms with E-state index in [9.17, 15) is 10.0 Å². The number of carbonyl (C=O) groups excluding carboxylic acids is 1. The second-order valence-corrected chi connectivity index (χ2v) is 5.69. The summed E-state index contributed by atoms with van der Waals surface area (Å²) < 4.78 is 0.852. The van der Waals surface area contributed by atoms with Crippen LogP contribution in [0.25, 0.3) is 0 Å². The first-order chi connectivity index (χ1) is 9.99. The van der Waals surface area contributed by atoms with Gasteiger partial charge in [-0.25, -0.2) is 0 Å². The van der Waals surface area contributed by atoms with Gasteiger partial charge in [0.25, 0.3) is 5.91 Å². The maximum absolute atomic E-state index is 12.3. The minimum absolute atomic E-state index is 0.229. The maximum Gasteiger partial charge on any atom is 0.253 e. The van der Waals surface area contributed by atoms with Gasteiger partial charge in [0.05, 0.1) is 0 Å². The highest BCUT2D eigenvalue weighted by Gasteiger charge is 2.26. The van der Waals surface area contributed by atoms with Crippen molar-refractivity contribution in [2.24, 2.45) is 10.4 Å². The van der Waals surface area contributed by atoms with Gasteiger partial charge in [-0.3, -0.25) is 4.79 Å². The van der Waals surface area contributed by atoms with Crippen LogP contribution in [0.2, 0.25) is 0 Å². The third kappa shape index (κ3) is 4.05. The van der Waals surface area contributed by atoms with Gasteiger partial charge < -0.3 is 5.21 Å². The molecule has 0 radical (unpaired) electrons. The summed E-state index contributed by atoms with van der Waals surface area (Å²) in [6.07, 6.45) is 2.98. The van der Waals surface area contributed by atoms with Crippen LogP contribution in [-0.2, 0) is 11.2 Å². The standard InChI is InChI=1S/C17H20N2O2/c1-17(2,12-11-14-8-4-3-5-9-14)16(20)18-15-10-6-7-13-19(15)21/h3-10,13,21H,11-12H2,1-2H3. The van der Waals surface area contributed by atoms with Gasteiger partial charge >= 0.3 is 0 Å². The number of benzene rings is 1. The van der Waals surface area contributed by atoms with E-state index >= 15 is 0 Å². The van der Waals surface area contributed by atoms with E-state index in [4.69, 9.17) is 0 Å². The Hall–Kier alpha value is -2.36. The van der Waals surface area contributed by atoms with Crippen LogP contribution in [-0.4, -0.2) is 15.8 Å². The quantitative estimate of drug-likeness (QED) is 0.878. The first kappa shape index (κ1) is 15.0. The number of carbonyl (C=O) groups is 1. The van der Waals surface area contributed by atoms with Crippen LogP contribution in [0.15, 0.2) is 59.7 Å². The average molecular weight is 284 g/mol. The molecule has 0 saturated carbocycles. The van der Waals surface area contributed by atoms with Crippen molar-refractivity contribution in [1.29, 1.82) is 0 Å². The molecule has 0 aliphatic carbocycles. The van der Waals surface area contributed by atoms with Crippen molar-refractivity contribution >= 4 is 5.91 Å². The van der Waals surface area contributed by atoms with Gasteiger partial charge in [-0.05, 0) is 30.5 Å². The number of amides is 1. The largest absolute Gasteiger partial charge is 0.427 e. The van der Waals surface area contributed by atoms with Crippen molar-refractivity contribution in [3.8, 4) is 0 Å². The summed E-state index contributed by atoms with van der Waals surface area (Å²) in [5.41, 5.74) is 0.879. The van der Waals surface area contributed by atoms with Crippen LogP contribution in [0.4, 0.5) is 0 Å². The number of pyridine rings is 1. The Morgan fingerprint density at radius 2 is 1.81 bits per heavy atom. The Morgan fingerprint density at radius 3 is 2.48 bits per heavy atom. The molecular weight excluding hydrogens is 264 g/mol. The lowest BCUT2D eigenvalue weighted by molar-refractivity contribution is -0.126. The van der Waals surface area contributed by atoms with Crippen molar-refractivity contribution in [2.75, 3.05) is 0 Å². The van der Waals surface area contributed by atoms with Gasteiger partial charge in [0.15, 0.2) is 5.49 Å². The molecular formula is C17H20N2O2. The summed E-state index contributed by atoms with van der Waals surface area (Å²) >= 11 is 0. The Morgan fingerprint density at radius 1 is 1.14 bits per heavy atom. The molecule has 2 aromatic rings. The molecule has 0 bridgehead atoms. The molecule has 1 aromatic heterocycles. The molecule has 0 aliphatic heterocycles. The van der Waals surface area contributed by atoms with Crippen molar-refractivity contribution in [1.82, 2.24) is 4.73 Å². The average Bonchev–Trinajstić information content (AvgIpc) is 2.48. The maximum atomic E-state index is 12.3. The zero-order valence-electron chi connectivity index (χ0n) is 12.4. The molecule has 110 valence electrons. The summed E-state index contributed by atoms with van der Waals surface area (Å²) in [5.74, 6) is -0.229. The molecule has 0 fully saturated rings. The monoisotopic (exact) mass is 284 g/mol. The van der Waals surface area contributed by atoms with Crippen LogP contribution in [0.3, 0.4) is 0 Å². The van der Waals surface area contributed by atoms with Crippen molar-refractivity contribution < 1.29 is 10.0 Å². The van der Waals surface area contributed by atoms with E-state index in [0.717, 1.165) is 11.2 Å². The molecule has 4 heteroatoms. The van der Waals surface area contributed by atoms with Gasteiger partial charge in [0.1, 0.15) is 0 Å². The number of hydrogen-bond donors (Lipinski definition) is 1. The summed E-state index contributed by atoms with van der Waals surface area (Å²) in [6, 6.07) is 15.1. The lowest BCUT2D eigenvalue weighted by Gasteiger charge is -2.20. The van der Waals surface area contributed by atoms with Crippen LogP contribution in [0.5, 0.6) is 0 Å². The SMILES string of the molecule is CC(C)(CCc1ccccc1)C(=O)N=c1ccccn1O. The highest BCUT2D eigenvalue weighted by Crippen LogP contribution is 2.24. The molecule has 1 N–H and O–H groups in total. The number of hydrogen-bond acceptors (Lipinski definition) is 2. The van der Waals surface area contributed by atoms with Gasteiger partial charge in [-0.1, -0.05) is 50.2 Å². The fourth-order valence-electron chi connectivity index (χ4n) is 1.98. The summed E-state index contributed by atoms with van der Waals surface area (Å²) in [5, 5.41) is 9.60. The second kappa shape index (κ2) is 6.39. The Balaban J connectivity index is 2.10. The number of aryl methyl sites for hydroxylation is 1. The molecule has 1 aromatic carbocycles. The fourth-order valence-corrected chi connectivity index (χ4v) is 1.98. The number of nitrogens with zero attached hydrogens (tertiary/aromatic N) is 2. The lowest BCUT2D eigenvalue weighted by atomic mass is 9.85. The third-order valence-electron chi connectivity index (χ3n) is 3.49. The zero-order valence-corrected chi connectivity index (χ0v) is 12.4. The minimum Gasteiger partial charge on any atom is -0.427 e. The molecule has 1 amide bonds. The van der Waals surface area contributed by atoms with Crippen LogP contribution < -0.4 is 5.49 Å². The fraction of sp³-hybridized carbons (Fsp3) is 0.294. The minimum atomic E-state index is -0.571. The Bertz CT molecular complexity index is 672. The van der Waals surface area contributed by atoms with Gasteiger partial charge in [0, 0.05) is 11.6 Å². The van der Waals surface area contributed by atoms with Crippen molar-refractivity contribution in [3.05, 3.63) is 65.8 Å². The first-order valence-electron chi connectivity index (χ1n) is 6.99. The lowest BCUT2D eigenvalue weighted by Crippen LogP contribution is -2.28. The van der Waals surface area contributed by atoms with E-state index in [1.54, 1.807) is 18.2 Å². The van der Waals surface area contributed by atoms with E-state index in [1.807, 2.05) is 32.0 Å². The summed E-state index contributed by atoms with van der Waals surface area (Å²) in [4.78, 5) is 16.3. The topological polar surface area (TPSA) is 54.6 Å². The smallest absolute Gasteiger partial charge is 0.253 e. The summed E-state index contributed by atoms with van der Waals surface area (Å²) in [7, 11) is 0. The van der Waals surface area contributed by atoms with E-state index < -0.39 is 5.41 Å². The predicted octanol–water partition coefficient (Wildman–Crippen LogP) is 2.81.